The molecule has 1 N–H and O–H groups in total. The molecule has 0 saturated carbocycles. The molecular weight excluding hydrogens is 308 g/mol. The van der Waals surface area contributed by atoms with Crippen LogP contribution in [0, 0.1) is 11.8 Å². The lowest BCUT2D eigenvalue weighted by atomic mass is 9.92. The lowest BCUT2D eigenvalue weighted by Crippen LogP contribution is -2.45. The highest BCUT2D eigenvalue weighted by atomic mass is 32.2. The molecule has 1 saturated heterocycles. The Balaban J connectivity index is 1.94. The normalized spacial score (nSPS) is 22.5. The summed E-state index contributed by atoms with van der Waals surface area (Å²) in [6, 6.07) is 7.63. The van der Waals surface area contributed by atoms with Gasteiger partial charge in [0.1, 0.15) is 0 Å². The number of nitrogens with one attached hydrogen (secondary N) is 1. The Morgan fingerprint density at radius 1 is 1.17 bits per heavy atom. The van der Waals surface area contributed by atoms with Gasteiger partial charge in [-0.1, -0.05) is 13.8 Å². The van der Waals surface area contributed by atoms with Crippen LogP contribution in [0.2, 0.25) is 0 Å². The third-order valence-corrected chi connectivity index (χ3v) is 5.12. The van der Waals surface area contributed by atoms with Gasteiger partial charge in [-0.05, 0) is 49.4 Å². The zero-order valence-electron chi connectivity index (χ0n) is 14.3. The van der Waals surface area contributed by atoms with Crippen molar-refractivity contribution in [2.45, 2.75) is 44.3 Å². The number of thioether (sulfide) groups is 1. The number of hydrogen-bond donors (Lipinski definition) is 1. The SMILES string of the molecule is CC(=O)Nc1ccc(S[C@H](C)C(=O)N2C[C@H](C)C[C@@H](C)C2)cc1. The van der Waals surface area contributed by atoms with Gasteiger partial charge in [-0.25, -0.2) is 0 Å². The van der Waals surface area contributed by atoms with Gasteiger partial charge in [0.15, 0.2) is 0 Å². The summed E-state index contributed by atoms with van der Waals surface area (Å²) < 4.78 is 0. The monoisotopic (exact) mass is 334 g/mol. The van der Waals surface area contributed by atoms with E-state index in [1.165, 1.54) is 13.3 Å². The molecule has 1 aliphatic rings. The van der Waals surface area contributed by atoms with Crippen molar-refractivity contribution in [1.29, 1.82) is 0 Å². The molecule has 3 atom stereocenters. The summed E-state index contributed by atoms with van der Waals surface area (Å²) >= 11 is 1.57. The number of rotatable bonds is 4. The first-order valence-electron chi connectivity index (χ1n) is 8.18. The first-order valence-corrected chi connectivity index (χ1v) is 9.06. The Bertz CT molecular complexity index is 549. The van der Waals surface area contributed by atoms with E-state index in [0.29, 0.717) is 11.8 Å². The van der Waals surface area contributed by atoms with Gasteiger partial charge < -0.3 is 10.2 Å². The van der Waals surface area contributed by atoms with E-state index in [2.05, 4.69) is 19.2 Å². The van der Waals surface area contributed by atoms with E-state index in [9.17, 15) is 9.59 Å². The van der Waals surface area contributed by atoms with Crippen LogP contribution >= 0.6 is 11.8 Å². The summed E-state index contributed by atoms with van der Waals surface area (Å²) in [7, 11) is 0. The van der Waals surface area contributed by atoms with Crippen LogP contribution < -0.4 is 5.32 Å². The van der Waals surface area contributed by atoms with Crippen molar-refractivity contribution in [3.8, 4) is 0 Å². The molecule has 1 heterocycles. The Hall–Kier alpha value is -1.49. The molecule has 1 aliphatic heterocycles. The van der Waals surface area contributed by atoms with Crippen LogP contribution in [0.25, 0.3) is 0 Å². The minimum Gasteiger partial charge on any atom is -0.341 e. The smallest absolute Gasteiger partial charge is 0.235 e. The van der Waals surface area contributed by atoms with Crippen LogP contribution in [0.4, 0.5) is 5.69 Å². The van der Waals surface area contributed by atoms with Crippen LogP contribution in [0.15, 0.2) is 29.2 Å². The maximum absolute atomic E-state index is 12.7. The molecule has 0 spiro atoms. The Labute approximate surface area is 143 Å². The molecule has 0 unspecified atom stereocenters. The topological polar surface area (TPSA) is 49.4 Å². The molecule has 1 aromatic rings. The fourth-order valence-electron chi connectivity index (χ4n) is 3.17. The second kappa shape index (κ2) is 7.86. The first kappa shape index (κ1) is 17.9. The number of hydrogen-bond acceptors (Lipinski definition) is 3. The zero-order chi connectivity index (χ0) is 17.0. The van der Waals surface area contributed by atoms with Crippen molar-refractivity contribution in [3.05, 3.63) is 24.3 Å². The van der Waals surface area contributed by atoms with Crippen LogP contribution in [0.3, 0.4) is 0 Å². The van der Waals surface area contributed by atoms with Crippen molar-refractivity contribution in [2.75, 3.05) is 18.4 Å². The van der Waals surface area contributed by atoms with Gasteiger partial charge in [0.2, 0.25) is 11.8 Å². The van der Waals surface area contributed by atoms with E-state index >= 15 is 0 Å². The number of carbonyl (C=O) groups is 2. The van der Waals surface area contributed by atoms with Crippen molar-refractivity contribution in [3.63, 3.8) is 0 Å². The minimum atomic E-state index is -0.0980. The second-order valence-electron chi connectivity index (χ2n) is 6.65. The molecule has 126 valence electrons. The number of benzene rings is 1. The highest BCUT2D eigenvalue weighted by Gasteiger charge is 2.28. The fourth-order valence-corrected chi connectivity index (χ4v) is 4.13. The molecule has 0 aliphatic carbocycles. The third-order valence-electron chi connectivity index (χ3n) is 4.02. The molecule has 4 nitrogen and oxygen atoms in total. The fraction of sp³-hybridized carbons (Fsp3) is 0.556. The van der Waals surface area contributed by atoms with Gasteiger partial charge in [0.05, 0.1) is 5.25 Å². The third kappa shape index (κ3) is 5.27. The highest BCUT2D eigenvalue weighted by molar-refractivity contribution is 8.00. The van der Waals surface area contributed by atoms with Gasteiger partial charge in [-0.3, -0.25) is 9.59 Å². The number of amides is 2. The van der Waals surface area contributed by atoms with E-state index in [1.807, 2.05) is 36.1 Å². The lowest BCUT2D eigenvalue weighted by Gasteiger charge is -2.36. The van der Waals surface area contributed by atoms with Crippen molar-refractivity contribution in [1.82, 2.24) is 4.90 Å². The van der Waals surface area contributed by atoms with Crippen molar-refractivity contribution < 1.29 is 9.59 Å². The molecule has 1 aromatic carbocycles. The van der Waals surface area contributed by atoms with Gasteiger partial charge in [0, 0.05) is 30.6 Å². The summed E-state index contributed by atoms with van der Waals surface area (Å²) in [6.45, 7) is 9.64. The van der Waals surface area contributed by atoms with E-state index in [1.54, 1.807) is 11.8 Å². The summed E-state index contributed by atoms with van der Waals surface area (Å²) in [5.74, 6) is 1.30. The molecule has 2 amide bonds. The molecule has 1 fully saturated rings. The summed E-state index contributed by atoms with van der Waals surface area (Å²) in [6.07, 6.45) is 1.20. The molecule has 23 heavy (non-hydrogen) atoms. The van der Waals surface area contributed by atoms with E-state index in [-0.39, 0.29) is 17.1 Å². The Kier molecular flexibility index (Phi) is 6.10. The molecule has 2 rings (SSSR count). The van der Waals surface area contributed by atoms with Crippen LogP contribution in [0.5, 0.6) is 0 Å². The van der Waals surface area contributed by atoms with E-state index in [4.69, 9.17) is 0 Å². The second-order valence-corrected chi connectivity index (χ2v) is 8.07. The quantitative estimate of drug-likeness (QED) is 0.856. The van der Waals surface area contributed by atoms with Gasteiger partial charge in [0.25, 0.3) is 0 Å². The van der Waals surface area contributed by atoms with Gasteiger partial charge in [-0.2, -0.15) is 0 Å². The van der Waals surface area contributed by atoms with E-state index in [0.717, 1.165) is 23.7 Å². The molecule has 0 aromatic heterocycles. The maximum Gasteiger partial charge on any atom is 0.235 e. The number of likely N-dealkylation sites (tertiary alicyclic amines) is 1. The van der Waals surface area contributed by atoms with E-state index < -0.39 is 0 Å². The highest BCUT2D eigenvalue weighted by Crippen LogP contribution is 2.28. The van der Waals surface area contributed by atoms with Crippen LogP contribution in [0.1, 0.15) is 34.1 Å². The number of anilines is 1. The Morgan fingerprint density at radius 3 is 2.26 bits per heavy atom. The van der Waals surface area contributed by atoms with Crippen molar-refractivity contribution in [2.24, 2.45) is 11.8 Å². The predicted octanol–water partition coefficient (Wildman–Crippen LogP) is 3.63. The van der Waals surface area contributed by atoms with Gasteiger partial charge in [-0.15, -0.1) is 11.8 Å². The summed E-state index contributed by atoms with van der Waals surface area (Å²) in [5.41, 5.74) is 0.777. The number of carbonyl (C=O) groups excluding carboxylic acids is 2. The standard InChI is InChI=1S/C18H26N2O2S/c1-12-9-13(2)11-20(10-12)18(22)14(3)23-17-7-5-16(6-8-17)19-15(4)21/h5-8,12-14H,9-11H2,1-4H3,(H,19,21)/t12-,13-,14-/m1/s1. The molecular formula is C18H26N2O2S. The molecule has 0 bridgehead atoms. The van der Waals surface area contributed by atoms with Crippen molar-refractivity contribution >= 4 is 29.3 Å². The number of nitrogens with zero attached hydrogens (tertiary/aromatic N) is 1. The van der Waals surface area contributed by atoms with Gasteiger partial charge >= 0.3 is 0 Å². The summed E-state index contributed by atoms with van der Waals surface area (Å²) in [5, 5.41) is 2.65. The first-order chi connectivity index (χ1) is 10.8. The average Bonchev–Trinajstić information content (AvgIpc) is 2.47. The minimum absolute atomic E-state index is 0.0812. The Morgan fingerprint density at radius 2 is 1.74 bits per heavy atom. The van der Waals surface area contributed by atoms with Crippen LogP contribution in [-0.2, 0) is 9.59 Å². The molecule has 0 radical (unpaired) electrons. The number of piperidine rings is 1. The lowest BCUT2D eigenvalue weighted by molar-refractivity contribution is -0.133. The zero-order valence-corrected chi connectivity index (χ0v) is 15.2. The summed E-state index contributed by atoms with van der Waals surface area (Å²) in [4.78, 5) is 26.7. The molecule has 5 heteroatoms. The van der Waals surface area contributed by atoms with Crippen LogP contribution in [-0.4, -0.2) is 35.1 Å². The predicted molar refractivity (Wildman–Crippen MR) is 95.6 cm³/mol. The largest absolute Gasteiger partial charge is 0.341 e. The average molecular weight is 334 g/mol. The maximum atomic E-state index is 12.7.